The van der Waals surface area contributed by atoms with Crippen LogP contribution in [0.25, 0.3) is 0 Å². The van der Waals surface area contributed by atoms with Crippen LogP contribution in [0.2, 0.25) is 0 Å². The number of hydrogen-bond acceptors (Lipinski definition) is 2. The average molecular weight is 260 g/mol. The fraction of sp³-hybridized carbons (Fsp3) is 0.500. The molecule has 0 aromatic heterocycles. The van der Waals surface area contributed by atoms with Gasteiger partial charge in [-0.3, -0.25) is 0 Å². The maximum absolute atomic E-state index is 11.9. The molecule has 1 heterocycles. The lowest BCUT2D eigenvalue weighted by atomic mass is 10.1. The quantitative estimate of drug-likeness (QED) is 0.833. The molecule has 0 aliphatic carbocycles. The second-order valence-corrected chi connectivity index (χ2v) is 4.11. The van der Waals surface area contributed by atoms with Crippen LogP contribution in [0.1, 0.15) is 6.42 Å². The molecule has 1 radical (unpaired) electrons. The van der Waals surface area contributed by atoms with Crippen LogP contribution in [0.5, 0.6) is 11.5 Å². The first-order chi connectivity index (χ1) is 8.53. The number of halogens is 3. The van der Waals surface area contributed by atoms with Gasteiger partial charge < -0.3 is 9.47 Å². The molecule has 1 unspecified atom stereocenters. The van der Waals surface area contributed by atoms with Gasteiger partial charge in [-0.25, -0.2) is 5.32 Å². The summed E-state index contributed by atoms with van der Waals surface area (Å²) >= 11 is 0. The van der Waals surface area contributed by atoms with Crippen molar-refractivity contribution in [3.63, 3.8) is 0 Å². The highest BCUT2D eigenvalue weighted by atomic mass is 19.4. The number of ether oxygens (including phenoxy) is 2. The monoisotopic (exact) mass is 260 g/mol. The highest BCUT2D eigenvalue weighted by Crippen LogP contribution is 2.25. The SMILES string of the molecule is FC(F)(F)Oc1ccc(OCC2CC[N]C2)cc1. The lowest BCUT2D eigenvalue weighted by Crippen LogP contribution is -2.17. The number of hydrogen-bond donors (Lipinski definition) is 0. The molecule has 1 saturated heterocycles. The first-order valence-electron chi connectivity index (χ1n) is 5.65. The van der Waals surface area contributed by atoms with Gasteiger partial charge in [0, 0.05) is 19.0 Å². The van der Waals surface area contributed by atoms with Crippen molar-refractivity contribution < 1.29 is 22.6 Å². The maximum atomic E-state index is 11.9. The molecule has 18 heavy (non-hydrogen) atoms. The van der Waals surface area contributed by atoms with E-state index < -0.39 is 6.36 Å². The number of rotatable bonds is 4. The predicted molar refractivity (Wildman–Crippen MR) is 58.6 cm³/mol. The maximum Gasteiger partial charge on any atom is 0.573 e. The van der Waals surface area contributed by atoms with E-state index >= 15 is 0 Å². The van der Waals surface area contributed by atoms with Crippen molar-refractivity contribution in [1.29, 1.82) is 0 Å². The van der Waals surface area contributed by atoms with Crippen LogP contribution < -0.4 is 14.8 Å². The van der Waals surface area contributed by atoms with E-state index in [9.17, 15) is 13.2 Å². The number of alkyl halides is 3. The van der Waals surface area contributed by atoms with Gasteiger partial charge in [0.1, 0.15) is 11.5 Å². The minimum atomic E-state index is -4.66. The van der Waals surface area contributed by atoms with Gasteiger partial charge in [-0.15, -0.1) is 13.2 Å². The lowest BCUT2D eigenvalue weighted by molar-refractivity contribution is -0.274. The largest absolute Gasteiger partial charge is 0.573 e. The van der Waals surface area contributed by atoms with Crippen LogP contribution in [0, 0.1) is 5.92 Å². The predicted octanol–water partition coefficient (Wildman–Crippen LogP) is 2.59. The standard InChI is InChI=1S/C12H13F3NO2/c13-12(14,15)18-11-3-1-10(2-4-11)17-8-9-5-6-16-7-9/h1-4,9H,5-8H2. The summed E-state index contributed by atoms with van der Waals surface area (Å²) in [7, 11) is 0. The third-order valence-electron chi connectivity index (χ3n) is 2.63. The molecule has 1 aliphatic rings. The molecule has 0 bridgehead atoms. The van der Waals surface area contributed by atoms with E-state index in [1.165, 1.54) is 24.3 Å². The summed E-state index contributed by atoms with van der Waals surface area (Å²) in [5.41, 5.74) is 0. The fourth-order valence-corrected chi connectivity index (χ4v) is 1.73. The molecular formula is C12H13F3NO2. The van der Waals surface area contributed by atoms with Crippen molar-refractivity contribution in [2.75, 3.05) is 19.7 Å². The Bertz CT molecular complexity index is 372. The lowest BCUT2D eigenvalue weighted by Gasteiger charge is -2.12. The third kappa shape index (κ3) is 4.10. The van der Waals surface area contributed by atoms with Crippen molar-refractivity contribution in [3.05, 3.63) is 24.3 Å². The Balaban J connectivity index is 1.83. The summed E-state index contributed by atoms with van der Waals surface area (Å²) in [5, 5.41) is 4.21. The average Bonchev–Trinajstić information content (AvgIpc) is 2.79. The molecule has 1 aromatic rings. The van der Waals surface area contributed by atoms with E-state index in [1.54, 1.807) is 0 Å². The zero-order valence-electron chi connectivity index (χ0n) is 9.61. The first-order valence-corrected chi connectivity index (χ1v) is 5.65. The second-order valence-electron chi connectivity index (χ2n) is 4.11. The van der Waals surface area contributed by atoms with E-state index in [4.69, 9.17) is 4.74 Å². The Morgan fingerprint density at radius 2 is 1.83 bits per heavy atom. The van der Waals surface area contributed by atoms with Crippen LogP contribution in [-0.2, 0) is 0 Å². The molecular weight excluding hydrogens is 247 g/mol. The molecule has 0 spiro atoms. The molecule has 1 aromatic carbocycles. The van der Waals surface area contributed by atoms with E-state index in [-0.39, 0.29) is 5.75 Å². The van der Waals surface area contributed by atoms with Crippen LogP contribution in [-0.4, -0.2) is 26.1 Å². The summed E-state index contributed by atoms with van der Waals surface area (Å²) in [4.78, 5) is 0. The summed E-state index contributed by atoms with van der Waals surface area (Å²) in [6.07, 6.45) is -3.65. The molecule has 0 amide bonds. The van der Waals surface area contributed by atoms with Gasteiger partial charge in [-0.1, -0.05) is 0 Å². The second kappa shape index (κ2) is 5.48. The van der Waals surface area contributed by atoms with Gasteiger partial charge in [0.15, 0.2) is 0 Å². The van der Waals surface area contributed by atoms with Gasteiger partial charge in [0.25, 0.3) is 0 Å². The van der Waals surface area contributed by atoms with Gasteiger partial charge in [-0.2, -0.15) is 0 Å². The third-order valence-corrected chi connectivity index (χ3v) is 2.63. The van der Waals surface area contributed by atoms with Crippen LogP contribution in [0.4, 0.5) is 13.2 Å². The number of nitrogens with zero attached hydrogens (tertiary/aromatic N) is 1. The summed E-state index contributed by atoms with van der Waals surface area (Å²) in [5.74, 6) is 0.707. The molecule has 1 fully saturated rings. The van der Waals surface area contributed by atoms with Crippen molar-refractivity contribution in [1.82, 2.24) is 5.32 Å². The Morgan fingerprint density at radius 3 is 2.39 bits per heavy atom. The fourth-order valence-electron chi connectivity index (χ4n) is 1.73. The highest BCUT2D eigenvalue weighted by molar-refractivity contribution is 5.31. The summed E-state index contributed by atoms with van der Waals surface area (Å²) in [6.45, 7) is 2.21. The van der Waals surface area contributed by atoms with E-state index in [0.717, 1.165) is 19.5 Å². The van der Waals surface area contributed by atoms with Crippen LogP contribution in [0.15, 0.2) is 24.3 Å². The smallest absolute Gasteiger partial charge is 0.493 e. The molecule has 3 nitrogen and oxygen atoms in total. The zero-order valence-corrected chi connectivity index (χ0v) is 9.61. The number of benzene rings is 1. The van der Waals surface area contributed by atoms with E-state index in [2.05, 4.69) is 10.1 Å². The Hall–Kier alpha value is -1.43. The molecule has 0 saturated carbocycles. The van der Waals surface area contributed by atoms with Gasteiger partial charge in [-0.05, 0) is 30.7 Å². The molecule has 6 heteroatoms. The minimum absolute atomic E-state index is 0.245. The van der Waals surface area contributed by atoms with Gasteiger partial charge in [0.2, 0.25) is 0 Å². The van der Waals surface area contributed by atoms with Gasteiger partial charge >= 0.3 is 6.36 Å². The van der Waals surface area contributed by atoms with Crippen molar-refractivity contribution in [3.8, 4) is 11.5 Å². The molecule has 0 N–H and O–H groups in total. The Labute approximate surface area is 103 Å². The van der Waals surface area contributed by atoms with Crippen molar-refractivity contribution in [2.24, 2.45) is 5.92 Å². The van der Waals surface area contributed by atoms with E-state index in [1.807, 2.05) is 0 Å². The molecule has 2 rings (SSSR count). The Morgan fingerprint density at radius 1 is 1.17 bits per heavy atom. The normalized spacial score (nSPS) is 19.8. The topological polar surface area (TPSA) is 32.6 Å². The van der Waals surface area contributed by atoms with Gasteiger partial charge in [0.05, 0.1) is 6.61 Å². The van der Waals surface area contributed by atoms with Crippen molar-refractivity contribution >= 4 is 0 Å². The molecule has 1 atom stereocenters. The van der Waals surface area contributed by atoms with Crippen LogP contribution >= 0.6 is 0 Å². The summed E-state index contributed by atoms with van der Waals surface area (Å²) in [6, 6.07) is 5.41. The molecule has 99 valence electrons. The minimum Gasteiger partial charge on any atom is -0.493 e. The highest BCUT2D eigenvalue weighted by Gasteiger charge is 2.30. The molecule has 1 aliphatic heterocycles. The van der Waals surface area contributed by atoms with Crippen molar-refractivity contribution in [2.45, 2.75) is 12.8 Å². The first kappa shape index (κ1) is 13.0. The summed E-state index contributed by atoms with van der Waals surface area (Å²) < 4.78 is 45.0. The zero-order chi connectivity index (χ0) is 13.0. The Kier molecular flexibility index (Phi) is 3.96. The van der Waals surface area contributed by atoms with E-state index in [0.29, 0.717) is 18.3 Å². The van der Waals surface area contributed by atoms with Crippen LogP contribution in [0.3, 0.4) is 0 Å².